The van der Waals surface area contributed by atoms with Crippen LogP contribution in [0, 0.1) is 13.8 Å². The third-order valence-corrected chi connectivity index (χ3v) is 3.89. The minimum atomic E-state index is -4.40. The molecule has 1 heterocycles. The third kappa shape index (κ3) is 3.40. The molecule has 0 amide bonds. The van der Waals surface area contributed by atoms with Crippen LogP contribution in [0.3, 0.4) is 0 Å². The molecule has 0 aliphatic carbocycles. The predicted octanol–water partition coefficient (Wildman–Crippen LogP) is 4.43. The first kappa shape index (κ1) is 15.9. The monoisotopic (exact) mass is 361 g/mol. The van der Waals surface area contributed by atoms with E-state index in [1.54, 1.807) is 10.7 Å². The zero-order chi connectivity index (χ0) is 15.8. The highest BCUT2D eigenvalue weighted by Crippen LogP contribution is 2.36. The van der Waals surface area contributed by atoms with Crippen LogP contribution < -0.4 is 5.32 Å². The molecule has 114 valence electrons. The van der Waals surface area contributed by atoms with E-state index in [1.807, 2.05) is 20.9 Å². The highest BCUT2D eigenvalue weighted by Gasteiger charge is 2.33. The summed E-state index contributed by atoms with van der Waals surface area (Å²) in [6, 6.07) is 4.08. The van der Waals surface area contributed by atoms with Crippen LogP contribution in [0.4, 0.5) is 18.9 Å². The zero-order valence-electron chi connectivity index (χ0n) is 11.8. The average Bonchev–Trinajstić information content (AvgIpc) is 2.61. The summed E-state index contributed by atoms with van der Waals surface area (Å²) in [6.07, 6.45) is -4.40. The fourth-order valence-corrected chi connectivity index (χ4v) is 2.52. The first-order chi connectivity index (χ1) is 9.70. The highest BCUT2D eigenvalue weighted by atomic mass is 79.9. The summed E-state index contributed by atoms with van der Waals surface area (Å²) < 4.78 is 41.2. The van der Waals surface area contributed by atoms with Gasteiger partial charge in [-0.25, -0.2) is 0 Å². The number of benzene rings is 1. The fourth-order valence-electron chi connectivity index (χ4n) is 2.16. The van der Waals surface area contributed by atoms with Crippen molar-refractivity contribution in [3.05, 3.63) is 45.2 Å². The first-order valence-electron chi connectivity index (χ1n) is 6.30. The van der Waals surface area contributed by atoms with Gasteiger partial charge in [-0.2, -0.15) is 18.3 Å². The Morgan fingerprint density at radius 3 is 2.48 bits per heavy atom. The molecule has 0 unspecified atom stereocenters. The zero-order valence-corrected chi connectivity index (χ0v) is 13.4. The number of hydrogen-bond acceptors (Lipinski definition) is 2. The van der Waals surface area contributed by atoms with Gasteiger partial charge in [0.1, 0.15) is 0 Å². The maximum Gasteiger partial charge on any atom is 0.418 e. The summed E-state index contributed by atoms with van der Waals surface area (Å²) >= 11 is 3.07. The van der Waals surface area contributed by atoms with Crippen LogP contribution in [0.25, 0.3) is 0 Å². The van der Waals surface area contributed by atoms with Gasteiger partial charge in [-0.05, 0) is 32.0 Å². The predicted molar refractivity (Wildman–Crippen MR) is 79.2 cm³/mol. The fraction of sp³-hybridized carbons (Fsp3) is 0.357. The summed E-state index contributed by atoms with van der Waals surface area (Å²) in [6.45, 7) is 4.04. The van der Waals surface area contributed by atoms with Crippen molar-refractivity contribution in [3.63, 3.8) is 0 Å². The molecule has 7 heteroatoms. The van der Waals surface area contributed by atoms with E-state index in [2.05, 4.69) is 26.3 Å². The second-order valence-corrected chi connectivity index (χ2v) is 5.73. The van der Waals surface area contributed by atoms with Crippen LogP contribution in [-0.4, -0.2) is 9.78 Å². The van der Waals surface area contributed by atoms with E-state index in [-0.39, 0.29) is 5.69 Å². The Bertz CT molecular complexity index is 662. The van der Waals surface area contributed by atoms with Crippen molar-refractivity contribution < 1.29 is 13.2 Å². The Morgan fingerprint density at radius 2 is 1.95 bits per heavy atom. The largest absolute Gasteiger partial charge is 0.418 e. The molecule has 2 aromatic rings. The van der Waals surface area contributed by atoms with E-state index in [1.165, 1.54) is 6.07 Å². The van der Waals surface area contributed by atoms with Crippen molar-refractivity contribution >= 4 is 21.6 Å². The van der Waals surface area contributed by atoms with Gasteiger partial charge in [-0.3, -0.25) is 4.68 Å². The summed E-state index contributed by atoms with van der Waals surface area (Å²) in [4.78, 5) is 0. The Kier molecular flexibility index (Phi) is 4.32. The lowest BCUT2D eigenvalue weighted by atomic mass is 10.1. The minimum absolute atomic E-state index is 0.0633. The number of halogens is 4. The standard InChI is InChI=1S/C14H15BrF3N3/c1-8-11(9(2)21(3)20-8)7-19-13-5-4-10(15)6-12(13)14(16,17)18/h4-6,19H,7H2,1-3H3. The number of nitrogens with one attached hydrogen (secondary N) is 1. The van der Waals surface area contributed by atoms with E-state index < -0.39 is 11.7 Å². The third-order valence-electron chi connectivity index (χ3n) is 3.40. The first-order valence-corrected chi connectivity index (χ1v) is 7.09. The average molecular weight is 362 g/mol. The number of hydrogen-bond donors (Lipinski definition) is 1. The normalized spacial score (nSPS) is 11.8. The molecular weight excluding hydrogens is 347 g/mol. The van der Waals surface area contributed by atoms with Crippen LogP contribution in [0.5, 0.6) is 0 Å². The van der Waals surface area contributed by atoms with Crippen LogP contribution in [0.2, 0.25) is 0 Å². The Hall–Kier alpha value is -1.50. The highest BCUT2D eigenvalue weighted by molar-refractivity contribution is 9.10. The molecule has 0 fully saturated rings. The molecule has 0 radical (unpaired) electrons. The SMILES string of the molecule is Cc1nn(C)c(C)c1CNc1ccc(Br)cc1C(F)(F)F. The molecule has 1 aromatic heterocycles. The number of aromatic nitrogens is 2. The second-order valence-electron chi connectivity index (χ2n) is 4.81. The van der Waals surface area contributed by atoms with Crippen molar-refractivity contribution in [1.82, 2.24) is 9.78 Å². The van der Waals surface area contributed by atoms with Crippen LogP contribution >= 0.6 is 15.9 Å². The molecular formula is C14H15BrF3N3. The van der Waals surface area contributed by atoms with Crippen molar-refractivity contribution in [2.24, 2.45) is 7.05 Å². The summed E-state index contributed by atoms with van der Waals surface area (Å²) in [5.74, 6) is 0. The van der Waals surface area contributed by atoms with Crippen molar-refractivity contribution in [2.75, 3.05) is 5.32 Å². The van der Waals surface area contributed by atoms with Crippen molar-refractivity contribution in [2.45, 2.75) is 26.6 Å². The molecule has 0 saturated heterocycles. The van der Waals surface area contributed by atoms with Gasteiger partial charge in [0.25, 0.3) is 0 Å². The van der Waals surface area contributed by atoms with E-state index in [0.29, 0.717) is 11.0 Å². The Labute approximate surface area is 129 Å². The van der Waals surface area contributed by atoms with E-state index in [4.69, 9.17) is 0 Å². The van der Waals surface area contributed by atoms with Gasteiger partial charge in [-0.15, -0.1) is 0 Å². The number of nitrogens with zero attached hydrogens (tertiary/aromatic N) is 2. The Morgan fingerprint density at radius 1 is 1.29 bits per heavy atom. The molecule has 0 spiro atoms. The lowest BCUT2D eigenvalue weighted by Gasteiger charge is -2.15. The molecule has 0 bridgehead atoms. The van der Waals surface area contributed by atoms with Gasteiger partial charge in [0.05, 0.1) is 11.3 Å². The van der Waals surface area contributed by atoms with Gasteiger partial charge in [-0.1, -0.05) is 15.9 Å². The molecule has 0 atom stereocenters. The molecule has 3 nitrogen and oxygen atoms in total. The smallest absolute Gasteiger partial charge is 0.380 e. The quantitative estimate of drug-likeness (QED) is 0.876. The Balaban J connectivity index is 2.28. The molecule has 0 aliphatic heterocycles. The number of rotatable bonds is 3. The van der Waals surface area contributed by atoms with E-state index in [9.17, 15) is 13.2 Å². The lowest BCUT2D eigenvalue weighted by molar-refractivity contribution is -0.137. The maximum absolute atomic E-state index is 13.0. The summed E-state index contributed by atoms with van der Waals surface area (Å²) in [5.41, 5.74) is 2.04. The molecule has 2 rings (SSSR count). The van der Waals surface area contributed by atoms with E-state index >= 15 is 0 Å². The van der Waals surface area contributed by atoms with Gasteiger partial charge < -0.3 is 5.32 Å². The van der Waals surface area contributed by atoms with Crippen LogP contribution in [-0.2, 0) is 19.8 Å². The molecule has 1 N–H and O–H groups in total. The van der Waals surface area contributed by atoms with Crippen molar-refractivity contribution in [3.8, 4) is 0 Å². The number of aryl methyl sites for hydroxylation is 2. The topological polar surface area (TPSA) is 29.9 Å². The lowest BCUT2D eigenvalue weighted by Crippen LogP contribution is -2.11. The number of anilines is 1. The van der Waals surface area contributed by atoms with Gasteiger partial charge in [0, 0.05) is 35.0 Å². The maximum atomic E-state index is 13.0. The summed E-state index contributed by atoms with van der Waals surface area (Å²) in [7, 11) is 1.81. The minimum Gasteiger partial charge on any atom is -0.380 e. The molecule has 1 aromatic carbocycles. The number of alkyl halides is 3. The van der Waals surface area contributed by atoms with Crippen LogP contribution in [0.15, 0.2) is 22.7 Å². The molecule has 21 heavy (non-hydrogen) atoms. The van der Waals surface area contributed by atoms with Gasteiger partial charge in [0.2, 0.25) is 0 Å². The van der Waals surface area contributed by atoms with Crippen molar-refractivity contribution in [1.29, 1.82) is 0 Å². The van der Waals surface area contributed by atoms with Crippen LogP contribution in [0.1, 0.15) is 22.5 Å². The molecule has 0 aliphatic rings. The van der Waals surface area contributed by atoms with Gasteiger partial charge in [0.15, 0.2) is 0 Å². The van der Waals surface area contributed by atoms with E-state index in [0.717, 1.165) is 23.0 Å². The van der Waals surface area contributed by atoms with Gasteiger partial charge >= 0.3 is 6.18 Å². The second kappa shape index (κ2) is 5.71. The molecule has 0 saturated carbocycles. The summed E-state index contributed by atoms with van der Waals surface area (Å²) in [5, 5.41) is 7.12.